The summed E-state index contributed by atoms with van der Waals surface area (Å²) in [7, 11) is 0. The summed E-state index contributed by atoms with van der Waals surface area (Å²) in [5.74, 6) is 0.104. The Hall–Kier alpha value is -0.360. The fourth-order valence-corrected chi connectivity index (χ4v) is 3.65. The lowest BCUT2D eigenvalue weighted by atomic mass is 9.98. The fourth-order valence-electron chi connectivity index (χ4n) is 2.63. The van der Waals surface area contributed by atoms with Crippen molar-refractivity contribution >= 4 is 42.1 Å². The zero-order valence-electron chi connectivity index (χ0n) is 12.6. The summed E-state index contributed by atoms with van der Waals surface area (Å²) in [5.41, 5.74) is 6.53. The van der Waals surface area contributed by atoms with Gasteiger partial charge in [-0.25, -0.2) is 4.98 Å². The number of nitrogens with zero attached hydrogens (tertiary/aromatic N) is 1. The molecule has 2 rings (SSSR count). The molecule has 1 unspecified atom stereocenters. The minimum Gasteiger partial charge on any atom is -0.344 e. The van der Waals surface area contributed by atoms with Crippen LogP contribution >= 0.6 is 36.2 Å². The van der Waals surface area contributed by atoms with Crippen LogP contribution in [0.5, 0.6) is 0 Å². The van der Waals surface area contributed by atoms with Gasteiger partial charge in [0.05, 0.1) is 5.54 Å². The van der Waals surface area contributed by atoms with Crippen molar-refractivity contribution in [1.82, 2.24) is 10.3 Å². The van der Waals surface area contributed by atoms with Gasteiger partial charge in [0, 0.05) is 23.5 Å². The molecule has 1 heterocycles. The first-order valence-corrected chi connectivity index (χ1v) is 7.89. The number of amides is 1. The third-order valence-electron chi connectivity index (χ3n) is 3.69. The highest BCUT2D eigenvalue weighted by atomic mass is 35.5. The zero-order chi connectivity index (χ0) is 13.9. The molecule has 1 aromatic rings. The molecule has 0 aromatic carbocycles. The largest absolute Gasteiger partial charge is 0.344 e. The molecule has 1 fully saturated rings. The molecule has 1 amide bonds. The van der Waals surface area contributed by atoms with Crippen molar-refractivity contribution < 1.29 is 4.79 Å². The summed E-state index contributed by atoms with van der Waals surface area (Å²) < 4.78 is 0. The number of hydrogen-bond donors (Lipinski definition) is 2. The minimum absolute atomic E-state index is 0. The normalized spacial score (nSPS) is 17.5. The summed E-state index contributed by atoms with van der Waals surface area (Å²) in [6.07, 6.45) is 5.56. The molecule has 0 saturated heterocycles. The van der Waals surface area contributed by atoms with Gasteiger partial charge in [-0.05, 0) is 33.1 Å². The lowest BCUT2D eigenvalue weighted by molar-refractivity contribution is -0.123. The number of carbonyl (C=O) groups excluding carboxylic acids is 1. The molecule has 1 saturated carbocycles. The maximum Gasteiger partial charge on any atom is 0.220 e. The van der Waals surface area contributed by atoms with Crippen LogP contribution < -0.4 is 11.1 Å². The van der Waals surface area contributed by atoms with E-state index in [0.717, 1.165) is 42.8 Å². The lowest BCUT2D eigenvalue weighted by Gasteiger charge is -2.28. The van der Waals surface area contributed by atoms with Crippen LogP contribution in [0.2, 0.25) is 0 Å². The van der Waals surface area contributed by atoms with Crippen LogP contribution in [0.15, 0.2) is 5.38 Å². The number of aryl methyl sites for hydroxylation is 1. The molecule has 3 N–H and O–H groups in total. The zero-order valence-corrected chi connectivity index (χ0v) is 15.0. The Balaban J connectivity index is 0.00000200. The van der Waals surface area contributed by atoms with Crippen molar-refractivity contribution in [1.29, 1.82) is 0 Å². The van der Waals surface area contributed by atoms with Crippen LogP contribution in [-0.2, 0) is 10.3 Å². The van der Waals surface area contributed by atoms with Crippen molar-refractivity contribution in [3.8, 4) is 0 Å². The second-order valence-electron chi connectivity index (χ2n) is 5.65. The van der Waals surface area contributed by atoms with E-state index in [1.165, 1.54) is 0 Å². The van der Waals surface area contributed by atoms with E-state index in [9.17, 15) is 4.79 Å². The number of aromatic nitrogens is 1. The molecule has 21 heavy (non-hydrogen) atoms. The number of nitrogens with two attached hydrogens (primary N) is 1. The van der Waals surface area contributed by atoms with Gasteiger partial charge < -0.3 is 11.1 Å². The third-order valence-corrected chi connectivity index (χ3v) is 4.86. The standard InChI is InChI=1S/C14H23N3OS.2ClH/c1-10(15)5-6-12(18)17-14(7-3-4-8-14)13-16-11(2)9-19-13;;/h9-10H,3-8,15H2,1-2H3,(H,17,18);2*1H. The van der Waals surface area contributed by atoms with Gasteiger partial charge >= 0.3 is 0 Å². The van der Waals surface area contributed by atoms with E-state index in [2.05, 4.69) is 15.7 Å². The molecule has 122 valence electrons. The van der Waals surface area contributed by atoms with Crippen LogP contribution in [0, 0.1) is 6.92 Å². The second kappa shape index (κ2) is 8.93. The van der Waals surface area contributed by atoms with Crippen molar-refractivity contribution in [3.63, 3.8) is 0 Å². The van der Waals surface area contributed by atoms with E-state index >= 15 is 0 Å². The molecule has 1 aliphatic carbocycles. The Morgan fingerprint density at radius 3 is 2.57 bits per heavy atom. The molecule has 0 aliphatic heterocycles. The number of hydrogen-bond acceptors (Lipinski definition) is 4. The highest BCUT2D eigenvalue weighted by Crippen LogP contribution is 2.40. The van der Waals surface area contributed by atoms with Crippen molar-refractivity contribution in [2.75, 3.05) is 0 Å². The molecule has 1 aromatic heterocycles. The van der Waals surface area contributed by atoms with Crippen molar-refractivity contribution in [3.05, 3.63) is 16.1 Å². The maximum absolute atomic E-state index is 12.1. The van der Waals surface area contributed by atoms with Gasteiger partial charge in [0.2, 0.25) is 5.91 Å². The van der Waals surface area contributed by atoms with Crippen LogP contribution in [-0.4, -0.2) is 16.9 Å². The summed E-state index contributed by atoms with van der Waals surface area (Å²) in [6.45, 7) is 3.93. The molecular formula is C14H25Cl2N3OS. The highest BCUT2D eigenvalue weighted by Gasteiger charge is 2.39. The van der Waals surface area contributed by atoms with E-state index in [-0.39, 0.29) is 42.3 Å². The van der Waals surface area contributed by atoms with E-state index in [4.69, 9.17) is 5.73 Å². The monoisotopic (exact) mass is 353 g/mol. The van der Waals surface area contributed by atoms with Crippen LogP contribution in [0.25, 0.3) is 0 Å². The van der Waals surface area contributed by atoms with Gasteiger partial charge in [-0.15, -0.1) is 36.2 Å². The number of carbonyl (C=O) groups is 1. The molecular weight excluding hydrogens is 329 g/mol. The molecule has 1 atom stereocenters. The minimum atomic E-state index is -0.214. The average Bonchev–Trinajstić information content (AvgIpc) is 2.96. The quantitative estimate of drug-likeness (QED) is 0.852. The Morgan fingerprint density at radius 1 is 1.48 bits per heavy atom. The number of thiazole rings is 1. The Labute approximate surface area is 143 Å². The lowest BCUT2D eigenvalue weighted by Crippen LogP contribution is -2.44. The Bertz CT molecular complexity index is 445. The summed E-state index contributed by atoms with van der Waals surface area (Å²) >= 11 is 1.66. The molecule has 4 nitrogen and oxygen atoms in total. The summed E-state index contributed by atoms with van der Waals surface area (Å²) in [5, 5.41) is 6.36. The van der Waals surface area contributed by atoms with Crippen molar-refractivity contribution in [2.45, 2.75) is 64.0 Å². The van der Waals surface area contributed by atoms with Gasteiger partial charge in [-0.2, -0.15) is 0 Å². The van der Waals surface area contributed by atoms with Gasteiger partial charge in [0.15, 0.2) is 0 Å². The fraction of sp³-hybridized carbons (Fsp3) is 0.714. The molecule has 7 heteroatoms. The highest BCUT2D eigenvalue weighted by molar-refractivity contribution is 7.09. The predicted molar refractivity (Wildman–Crippen MR) is 92.5 cm³/mol. The van der Waals surface area contributed by atoms with Crippen LogP contribution in [0.1, 0.15) is 56.2 Å². The summed E-state index contributed by atoms with van der Waals surface area (Å²) in [4.78, 5) is 16.7. The smallest absolute Gasteiger partial charge is 0.220 e. The first-order valence-electron chi connectivity index (χ1n) is 7.01. The van der Waals surface area contributed by atoms with Crippen molar-refractivity contribution in [2.24, 2.45) is 5.73 Å². The molecule has 0 bridgehead atoms. The average molecular weight is 354 g/mol. The maximum atomic E-state index is 12.1. The number of nitrogens with one attached hydrogen (secondary N) is 1. The van der Waals surface area contributed by atoms with Crippen LogP contribution in [0.4, 0.5) is 0 Å². The third kappa shape index (κ3) is 5.40. The van der Waals surface area contributed by atoms with Gasteiger partial charge in [0.1, 0.15) is 5.01 Å². The first kappa shape index (κ1) is 20.6. The predicted octanol–water partition coefficient (Wildman–Crippen LogP) is 3.31. The molecule has 0 spiro atoms. The van der Waals surface area contributed by atoms with Gasteiger partial charge in [0.25, 0.3) is 0 Å². The number of halogens is 2. The Morgan fingerprint density at radius 2 is 2.10 bits per heavy atom. The second-order valence-corrected chi connectivity index (χ2v) is 6.51. The van der Waals surface area contributed by atoms with E-state index in [1.807, 2.05) is 13.8 Å². The first-order chi connectivity index (χ1) is 9.02. The molecule has 0 radical (unpaired) electrons. The Kier molecular flexibility index (Phi) is 8.78. The SMILES string of the molecule is Cc1csc(C2(NC(=O)CCC(C)N)CCCC2)n1.Cl.Cl. The topological polar surface area (TPSA) is 68.0 Å². The molecule has 1 aliphatic rings. The van der Waals surface area contributed by atoms with E-state index < -0.39 is 0 Å². The van der Waals surface area contributed by atoms with E-state index in [0.29, 0.717) is 6.42 Å². The van der Waals surface area contributed by atoms with Gasteiger partial charge in [-0.3, -0.25) is 4.79 Å². The van der Waals surface area contributed by atoms with E-state index in [1.54, 1.807) is 11.3 Å². The van der Waals surface area contributed by atoms with Crippen LogP contribution in [0.3, 0.4) is 0 Å². The van der Waals surface area contributed by atoms with Gasteiger partial charge in [-0.1, -0.05) is 12.8 Å². The summed E-state index contributed by atoms with van der Waals surface area (Å²) in [6, 6.07) is 0.0763. The number of rotatable bonds is 5.